The van der Waals surface area contributed by atoms with Gasteiger partial charge in [-0.1, -0.05) is 0 Å². The van der Waals surface area contributed by atoms with Gasteiger partial charge in [-0.25, -0.2) is 0 Å². The van der Waals surface area contributed by atoms with E-state index in [1.807, 2.05) is 0 Å². The van der Waals surface area contributed by atoms with Crippen LogP contribution in [0.1, 0.15) is 67.2 Å². The first-order chi connectivity index (χ1) is 11.1. The van der Waals surface area contributed by atoms with E-state index in [2.05, 4.69) is 56.2 Å². The summed E-state index contributed by atoms with van der Waals surface area (Å²) in [5.74, 6) is 0.911. The predicted octanol–water partition coefficient (Wildman–Crippen LogP) is 3.69. The molecule has 0 aromatic carbocycles. The van der Waals surface area contributed by atoms with Crippen LogP contribution in [0.3, 0.4) is 0 Å². The minimum atomic E-state index is 0.346. The quantitative estimate of drug-likeness (QED) is 0.762. The van der Waals surface area contributed by atoms with Crippen LogP contribution in [0.5, 0.6) is 0 Å². The van der Waals surface area contributed by atoms with Gasteiger partial charge in [0.2, 0.25) is 0 Å². The first kappa shape index (κ1) is 18.7. The molecule has 3 rings (SSSR count). The Kier molecular flexibility index (Phi) is 5.10. The molecule has 0 saturated carbocycles. The van der Waals surface area contributed by atoms with Gasteiger partial charge in [0, 0.05) is 37.3 Å². The number of hydrogen-bond donors (Lipinski definition) is 0. The Morgan fingerprint density at radius 1 is 0.792 bits per heavy atom. The summed E-state index contributed by atoms with van der Waals surface area (Å²) in [6, 6.07) is 0. The van der Waals surface area contributed by atoms with Gasteiger partial charge in [-0.05, 0) is 98.2 Å². The van der Waals surface area contributed by atoms with Gasteiger partial charge in [-0.2, -0.15) is 0 Å². The van der Waals surface area contributed by atoms with Crippen LogP contribution in [0.25, 0.3) is 0 Å². The molecule has 0 atom stereocenters. The van der Waals surface area contributed by atoms with E-state index in [1.54, 1.807) is 0 Å². The molecule has 0 bridgehead atoms. The molecular weight excluding hydrogens is 294 g/mol. The number of rotatable bonds is 2. The summed E-state index contributed by atoms with van der Waals surface area (Å²) in [5.41, 5.74) is 1.34. The van der Waals surface area contributed by atoms with E-state index < -0.39 is 0 Å². The average Bonchev–Trinajstić information content (AvgIpc) is 2.41. The maximum atomic E-state index is 2.82. The van der Waals surface area contributed by atoms with Gasteiger partial charge in [0.25, 0.3) is 0 Å². The zero-order chi connectivity index (χ0) is 17.6. The highest BCUT2D eigenvalue weighted by Crippen LogP contribution is 2.41. The average molecular weight is 336 g/mol. The van der Waals surface area contributed by atoms with Crippen molar-refractivity contribution in [3.8, 4) is 0 Å². The van der Waals surface area contributed by atoms with Crippen LogP contribution in [0, 0.1) is 11.3 Å². The Hall–Kier alpha value is -0.120. The van der Waals surface area contributed by atoms with Crippen molar-refractivity contribution < 1.29 is 0 Å². The largest absolute Gasteiger partial charge is 0.302 e. The van der Waals surface area contributed by atoms with E-state index in [0.717, 1.165) is 5.92 Å². The van der Waals surface area contributed by atoms with Gasteiger partial charge in [0.05, 0.1) is 0 Å². The Morgan fingerprint density at radius 2 is 1.38 bits per heavy atom. The molecule has 24 heavy (non-hydrogen) atoms. The fourth-order valence-electron chi connectivity index (χ4n) is 5.12. The van der Waals surface area contributed by atoms with Crippen molar-refractivity contribution >= 4 is 0 Å². The Labute approximate surface area is 150 Å². The topological polar surface area (TPSA) is 9.72 Å². The van der Waals surface area contributed by atoms with Crippen LogP contribution in [0.2, 0.25) is 0 Å². The van der Waals surface area contributed by atoms with E-state index in [-0.39, 0.29) is 0 Å². The molecule has 0 aromatic heterocycles. The normalized spacial score (nSPS) is 28.2. The summed E-state index contributed by atoms with van der Waals surface area (Å²) in [7, 11) is 0. The van der Waals surface area contributed by atoms with Crippen LogP contribution < -0.4 is 0 Å². The monoisotopic (exact) mass is 335 g/mol. The smallest absolute Gasteiger partial charge is 0.0125 e. The van der Waals surface area contributed by atoms with E-state index in [9.17, 15) is 0 Å². The molecule has 3 heteroatoms. The molecule has 3 aliphatic heterocycles. The van der Waals surface area contributed by atoms with Gasteiger partial charge in [-0.3, -0.25) is 9.80 Å². The molecule has 140 valence electrons. The number of nitrogens with zero attached hydrogens (tertiary/aromatic N) is 3. The van der Waals surface area contributed by atoms with Crippen LogP contribution in [0.4, 0.5) is 0 Å². The summed E-state index contributed by atoms with van der Waals surface area (Å²) >= 11 is 0. The summed E-state index contributed by atoms with van der Waals surface area (Å²) in [4.78, 5) is 8.16. The molecule has 0 aromatic rings. The lowest BCUT2D eigenvalue weighted by molar-refractivity contribution is -0.0354. The van der Waals surface area contributed by atoms with Crippen molar-refractivity contribution in [2.24, 2.45) is 11.3 Å². The number of piperidine rings is 2. The molecule has 0 aliphatic carbocycles. The second kappa shape index (κ2) is 6.55. The third kappa shape index (κ3) is 4.16. The van der Waals surface area contributed by atoms with Gasteiger partial charge in [0.15, 0.2) is 0 Å². The van der Waals surface area contributed by atoms with Crippen molar-refractivity contribution in [1.82, 2.24) is 14.7 Å². The van der Waals surface area contributed by atoms with E-state index >= 15 is 0 Å². The van der Waals surface area contributed by atoms with Crippen molar-refractivity contribution in [2.45, 2.75) is 78.3 Å². The summed E-state index contributed by atoms with van der Waals surface area (Å²) in [6.07, 6.45) is 5.73. The number of likely N-dealkylation sites (tertiary alicyclic amines) is 3. The zero-order valence-corrected chi connectivity index (χ0v) is 17.2. The molecule has 3 heterocycles. The molecule has 3 saturated heterocycles. The van der Waals surface area contributed by atoms with Crippen molar-refractivity contribution in [3.63, 3.8) is 0 Å². The summed E-state index contributed by atoms with van der Waals surface area (Å²) in [6.45, 7) is 23.4. The summed E-state index contributed by atoms with van der Waals surface area (Å²) < 4.78 is 0. The maximum absolute atomic E-state index is 2.82. The van der Waals surface area contributed by atoms with Crippen molar-refractivity contribution in [3.05, 3.63) is 0 Å². The third-order valence-corrected chi connectivity index (χ3v) is 6.94. The second-order valence-electron chi connectivity index (χ2n) is 10.9. The van der Waals surface area contributed by atoms with Gasteiger partial charge >= 0.3 is 0 Å². The highest BCUT2D eigenvalue weighted by Gasteiger charge is 2.42. The lowest BCUT2D eigenvalue weighted by Gasteiger charge is -2.53. The Bertz CT molecular complexity index is 417. The van der Waals surface area contributed by atoms with Crippen molar-refractivity contribution in [2.75, 3.05) is 45.8 Å². The molecule has 3 aliphatic rings. The minimum Gasteiger partial charge on any atom is -0.302 e. The van der Waals surface area contributed by atoms with Crippen LogP contribution >= 0.6 is 0 Å². The standard InChI is InChI=1S/C21H41N3/c1-19(2,3)23-12-9-21(10-13-23)8-7-11-22(17-21)14-18-15-24(16-18)20(4,5)6/h18H,7-17H2,1-6H3. The molecular formula is C21H41N3. The minimum absolute atomic E-state index is 0.346. The molecule has 1 spiro atoms. The molecule has 0 radical (unpaired) electrons. The van der Waals surface area contributed by atoms with Crippen LogP contribution in [0.15, 0.2) is 0 Å². The zero-order valence-electron chi connectivity index (χ0n) is 17.2. The van der Waals surface area contributed by atoms with Gasteiger partial charge in [-0.15, -0.1) is 0 Å². The lowest BCUT2D eigenvalue weighted by atomic mass is 9.71. The lowest BCUT2D eigenvalue weighted by Crippen LogP contribution is -2.60. The Morgan fingerprint density at radius 3 is 1.92 bits per heavy atom. The summed E-state index contributed by atoms with van der Waals surface area (Å²) in [5, 5.41) is 0. The fourth-order valence-corrected chi connectivity index (χ4v) is 5.12. The maximum Gasteiger partial charge on any atom is 0.0125 e. The first-order valence-electron chi connectivity index (χ1n) is 10.3. The van der Waals surface area contributed by atoms with E-state index in [4.69, 9.17) is 0 Å². The Balaban J connectivity index is 1.48. The van der Waals surface area contributed by atoms with Gasteiger partial charge < -0.3 is 4.90 Å². The molecule has 3 fully saturated rings. The highest BCUT2D eigenvalue weighted by molar-refractivity contribution is 4.96. The molecule has 0 unspecified atom stereocenters. The van der Waals surface area contributed by atoms with E-state index in [0.29, 0.717) is 16.5 Å². The second-order valence-corrected chi connectivity index (χ2v) is 10.9. The molecule has 0 N–H and O–H groups in total. The van der Waals surface area contributed by atoms with E-state index in [1.165, 1.54) is 71.5 Å². The van der Waals surface area contributed by atoms with Crippen LogP contribution in [-0.4, -0.2) is 71.6 Å². The van der Waals surface area contributed by atoms with Gasteiger partial charge in [0.1, 0.15) is 0 Å². The third-order valence-electron chi connectivity index (χ3n) is 6.94. The molecule has 0 amide bonds. The van der Waals surface area contributed by atoms with Crippen molar-refractivity contribution in [1.29, 1.82) is 0 Å². The first-order valence-corrected chi connectivity index (χ1v) is 10.3. The number of hydrogen-bond acceptors (Lipinski definition) is 3. The highest BCUT2D eigenvalue weighted by atomic mass is 15.3. The SMILES string of the molecule is CC(C)(C)N1CCC2(CCCN(CC3CN(C(C)(C)C)C3)C2)CC1. The fraction of sp³-hybridized carbons (Fsp3) is 1.00. The molecule has 3 nitrogen and oxygen atoms in total. The van der Waals surface area contributed by atoms with Crippen LogP contribution in [-0.2, 0) is 0 Å². The predicted molar refractivity (Wildman–Crippen MR) is 103 cm³/mol.